The molecule has 2 unspecified atom stereocenters. The zero-order valence-corrected chi connectivity index (χ0v) is 12.5. The molecule has 0 aromatic heterocycles. The molecule has 2 fully saturated rings. The molecule has 3 heteroatoms. The van der Waals surface area contributed by atoms with Gasteiger partial charge in [-0.2, -0.15) is 0 Å². The van der Waals surface area contributed by atoms with Crippen molar-refractivity contribution in [3.05, 3.63) is 0 Å². The highest BCUT2D eigenvalue weighted by Gasteiger charge is 2.26. The van der Waals surface area contributed by atoms with Gasteiger partial charge in [-0.3, -0.25) is 0 Å². The molecule has 1 aliphatic carbocycles. The molecule has 3 nitrogen and oxygen atoms in total. The number of nitrogens with one attached hydrogen (secondary N) is 1. The summed E-state index contributed by atoms with van der Waals surface area (Å²) in [6, 6.07) is 1.57. The van der Waals surface area contributed by atoms with E-state index in [1.54, 1.807) is 0 Å². The quantitative estimate of drug-likeness (QED) is 0.746. The number of hydrogen-bond donors (Lipinski definition) is 1. The Balaban J connectivity index is 1.62. The molecular formula is C15H31N3. The van der Waals surface area contributed by atoms with Gasteiger partial charge in [0.1, 0.15) is 0 Å². The summed E-state index contributed by atoms with van der Waals surface area (Å²) in [4.78, 5) is 5.11. The zero-order valence-electron chi connectivity index (χ0n) is 12.5. The third-order valence-electron chi connectivity index (χ3n) is 4.80. The molecule has 2 rings (SSSR count). The van der Waals surface area contributed by atoms with E-state index in [1.165, 1.54) is 51.9 Å². The van der Waals surface area contributed by atoms with Crippen molar-refractivity contribution in [1.29, 1.82) is 0 Å². The van der Waals surface area contributed by atoms with Crippen LogP contribution in [0.1, 0.15) is 39.5 Å². The maximum Gasteiger partial charge on any atom is 0.0107 e. The van der Waals surface area contributed by atoms with Crippen LogP contribution in [0.2, 0.25) is 0 Å². The van der Waals surface area contributed by atoms with Gasteiger partial charge in [0.05, 0.1) is 0 Å². The van der Waals surface area contributed by atoms with E-state index in [4.69, 9.17) is 0 Å². The molecule has 2 aliphatic rings. The molecule has 1 heterocycles. The first kappa shape index (κ1) is 14.3. The van der Waals surface area contributed by atoms with Gasteiger partial charge in [-0.15, -0.1) is 0 Å². The maximum atomic E-state index is 3.74. The highest BCUT2D eigenvalue weighted by atomic mass is 15.2. The van der Waals surface area contributed by atoms with Crippen molar-refractivity contribution in [1.82, 2.24) is 15.1 Å². The van der Waals surface area contributed by atoms with E-state index >= 15 is 0 Å². The van der Waals surface area contributed by atoms with Gasteiger partial charge in [-0.1, -0.05) is 6.92 Å². The van der Waals surface area contributed by atoms with E-state index in [0.717, 1.165) is 18.5 Å². The molecule has 1 saturated carbocycles. The highest BCUT2D eigenvalue weighted by molar-refractivity contribution is 4.84. The van der Waals surface area contributed by atoms with Gasteiger partial charge in [0.15, 0.2) is 0 Å². The third-order valence-corrected chi connectivity index (χ3v) is 4.80. The van der Waals surface area contributed by atoms with Crippen molar-refractivity contribution in [2.45, 2.75) is 51.6 Å². The van der Waals surface area contributed by atoms with Crippen molar-refractivity contribution in [2.75, 3.05) is 39.8 Å². The van der Waals surface area contributed by atoms with Gasteiger partial charge >= 0.3 is 0 Å². The van der Waals surface area contributed by atoms with Crippen LogP contribution in [-0.2, 0) is 0 Å². The molecule has 0 aromatic carbocycles. The van der Waals surface area contributed by atoms with Gasteiger partial charge in [-0.05, 0) is 58.7 Å². The standard InChI is InChI=1S/C15H31N3/c1-4-18-10-5-6-14(12-18)13(2)16-9-11-17(3)15-7-8-15/h13-16H,4-12H2,1-3H3. The SMILES string of the molecule is CCN1CCCC(C(C)NCCN(C)C2CC2)C1. The summed E-state index contributed by atoms with van der Waals surface area (Å²) in [6.45, 7) is 10.8. The van der Waals surface area contributed by atoms with Crippen LogP contribution in [0.5, 0.6) is 0 Å². The Kier molecular flexibility index (Phi) is 5.46. The van der Waals surface area contributed by atoms with Gasteiger partial charge in [-0.25, -0.2) is 0 Å². The first-order chi connectivity index (χ1) is 8.70. The lowest BCUT2D eigenvalue weighted by atomic mass is 9.91. The second-order valence-corrected chi connectivity index (χ2v) is 6.25. The van der Waals surface area contributed by atoms with E-state index in [2.05, 4.69) is 36.0 Å². The van der Waals surface area contributed by atoms with Crippen LogP contribution in [0.15, 0.2) is 0 Å². The van der Waals surface area contributed by atoms with Gasteiger partial charge in [0, 0.05) is 31.7 Å². The number of likely N-dealkylation sites (tertiary alicyclic amines) is 1. The van der Waals surface area contributed by atoms with E-state index in [0.29, 0.717) is 6.04 Å². The number of likely N-dealkylation sites (N-methyl/N-ethyl adjacent to an activating group) is 1. The fraction of sp³-hybridized carbons (Fsp3) is 1.00. The van der Waals surface area contributed by atoms with Crippen molar-refractivity contribution >= 4 is 0 Å². The number of piperidine rings is 1. The lowest BCUT2D eigenvalue weighted by Crippen LogP contribution is -2.45. The first-order valence-electron chi connectivity index (χ1n) is 7.86. The van der Waals surface area contributed by atoms with E-state index in [-0.39, 0.29) is 0 Å². The molecule has 0 bridgehead atoms. The highest BCUT2D eigenvalue weighted by Crippen LogP contribution is 2.24. The van der Waals surface area contributed by atoms with Crippen molar-refractivity contribution in [2.24, 2.45) is 5.92 Å². The van der Waals surface area contributed by atoms with Crippen LogP contribution >= 0.6 is 0 Å². The van der Waals surface area contributed by atoms with Crippen molar-refractivity contribution in [3.63, 3.8) is 0 Å². The third kappa shape index (κ3) is 4.22. The maximum absolute atomic E-state index is 3.74. The van der Waals surface area contributed by atoms with E-state index < -0.39 is 0 Å². The largest absolute Gasteiger partial charge is 0.313 e. The minimum absolute atomic E-state index is 0.673. The molecule has 106 valence electrons. The Morgan fingerprint density at radius 3 is 2.78 bits per heavy atom. The summed E-state index contributed by atoms with van der Waals surface area (Å²) in [6.07, 6.45) is 5.62. The predicted molar refractivity (Wildman–Crippen MR) is 78.0 cm³/mol. The Morgan fingerprint density at radius 2 is 2.11 bits per heavy atom. The van der Waals surface area contributed by atoms with Crippen LogP contribution in [0.4, 0.5) is 0 Å². The molecule has 0 spiro atoms. The first-order valence-corrected chi connectivity index (χ1v) is 7.86. The van der Waals surface area contributed by atoms with E-state index in [9.17, 15) is 0 Å². The summed E-state index contributed by atoms with van der Waals surface area (Å²) in [5.74, 6) is 0.852. The Bertz CT molecular complexity index is 240. The van der Waals surface area contributed by atoms with Gasteiger partial charge in [0.2, 0.25) is 0 Å². The van der Waals surface area contributed by atoms with Crippen molar-refractivity contribution in [3.8, 4) is 0 Å². The molecule has 0 aromatic rings. The molecule has 2 atom stereocenters. The van der Waals surface area contributed by atoms with Crippen LogP contribution in [0, 0.1) is 5.92 Å². The molecular weight excluding hydrogens is 222 g/mol. The van der Waals surface area contributed by atoms with Gasteiger partial charge in [0.25, 0.3) is 0 Å². The number of rotatable bonds is 7. The molecule has 18 heavy (non-hydrogen) atoms. The molecule has 1 N–H and O–H groups in total. The summed E-state index contributed by atoms with van der Waals surface area (Å²) < 4.78 is 0. The average molecular weight is 253 g/mol. The summed E-state index contributed by atoms with van der Waals surface area (Å²) in [7, 11) is 2.27. The predicted octanol–water partition coefficient (Wildman–Crippen LogP) is 1.79. The normalized spacial score (nSPS) is 27.7. The fourth-order valence-corrected chi connectivity index (χ4v) is 3.12. The van der Waals surface area contributed by atoms with Crippen LogP contribution in [0.25, 0.3) is 0 Å². The minimum atomic E-state index is 0.673. The zero-order chi connectivity index (χ0) is 13.0. The van der Waals surface area contributed by atoms with Crippen molar-refractivity contribution < 1.29 is 0 Å². The molecule has 1 saturated heterocycles. The summed E-state index contributed by atoms with van der Waals surface area (Å²) >= 11 is 0. The number of nitrogens with zero attached hydrogens (tertiary/aromatic N) is 2. The second-order valence-electron chi connectivity index (χ2n) is 6.25. The number of hydrogen-bond acceptors (Lipinski definition) is 3. The Morgan fingerprint density at radius 1 is 1.33 bits per heavy atom. The minimum Gasteiger partial charge on any atom is -0.313 e. The molecule has 0 amide bonds. The van der Waals surface area contributed by atoms with E-state index in [1.807, 2.05) is 0 Å². The lowest BCUT2D eigenvalue weighted by molar-refractivity contribution is 0.155. The summed E-state index contributed by atoms with van der Waals surface area (Å²) in [5.41, 5.74) is 0. The average Bonchev–Trinajstić information content (AvgIpc) is 3.23. The Hall–Kier alpha value is -0.120. The second kappa shape index (κ2) is 6.88. The van der Waals surface area contributed by atoms with Gasteiger partial charge < -0.3 is 15.1 Å². The van der Waals surface area contributed by atoms with Crippen LogP contribution < -0.4 is 5.32 Å². The summed E-state index contributed by atoms with van der Waals surface area (Å²) in [5, 5.41) is 3.74. The fourth-order valence-electron chi connectivity index (χ4n) is 3.12. The monoisotopic (exact) mass is 253 g/mol. The molecule has 0 radical (unpaired) electrons. The lowest BCUT2D eigenvalue weighted by Gasteiger charge is -2.35. The topological polar surface area (TPSA) is 18.5 Å². The smallest absolute Gasteiger partial charge is 0.0107 e. The molecule has 1 aliphatic heterocycles. The van der Waals surface area contributed by atoms with Crippen LogP contribution in [-0.4, -0.2) is 61.7 Å². The Labute approximate surface area is 113 Å². The van der Waals surface area contributed by atoms with Crippen LogP contribution in [0.3, 0.4) is 0 Å².